The molecule has 118 valence electrons. The van der Waals surface area contributed by atoms with Crippen LogP contribution in [0.3, 0.4) is 0 Å². The summed E-state index contributed by atoms with van der Waals surface area (Å²) in [6.45, 7) is 3.36. The average molecular weight is 368 g/mol. The number of pyridine rings is 2. The Kier molecular flexibility index (Phi) is 5.31. The van der Waals surface area contributed by atoms with E-state index in [1.54, 1.807) is 25.4 Å². The zero-order valence-corrected chi connectivity index (χ0v) is 14.4. The van der Waals surface area contributed by atoms with Crippen LogP contribution in [0.2, 0.25) is 0 Å². The van der Waals surface area contributed by atoms with Crippen molar-refractivity contribution in [3.05, 3.63) is 38.9 Å². The Balaban J connectivity index is 2.63. The summed E-state index contributed by atoms with van der Waals surface area (Å²) < 4.78 is 7.40. The first-order valence-corrected chi connectivity index (χ1v) is 7.74. The molecule has 0 atom stereocenters. The van der Waals surface area contributed by atoms with E-state index in [0.29, 0.717) is 22.1 Å². The number of fused-ring (bicyclic) bond motifs is 1. The highest BCUT2D eigenvalue weighted by molar-refractivity contribution is 9.10. The van der Waals surface area contributed by atoms with Crippen molar-refractivity contribution in [1.82, 2.24) is 14.5 Å². The normalized spacial score (nSPS) is 11.1. The number of hydrogen-bond acceptors (Lipinski definition) is 5. The van der Waals surface area contributed by atoms with Gasteiger partial charge in [0.1, 0.15) is 10.2 Å². The SMILES string of the molecule is CCOC(=O)c1cn(CCN(C)C)c2cnc(Br)cc2c1=O. The van der Waals surface area contributed by atoms with Crippen LogP contribution in [0.25, 0.3) is 10.9 Å². The van der Waals surface area contributed by atoms with Gasteiger partial charge in [0.25, 0.3) is 0 Å². The second-order valence-corrected chi connectivity index (χ2v) is 5.93. The van der Waals surface area contributed by atoms with Gasteiger partial charge in [0.2, 0.25) is 5.43 Å². The van der Waals surface area contributed by atoms with Gasteiger partial charge < -0.3 is 14.2 Å². The van der Waals surface area contributed by atoms with E-state index in [1.165, 1.54) is 0 Å². The van der Waals surface area contributed by atoms with Crippen molar-refractivity contribution in [2.24, 2.45) is 0 Å². The Morgan fingerprint density at radius 1 is 1.45 bits per heavy atom. The van der Waals surface area contributed by atoms with Crippen molar-refractivity contribution >= 4 is 32.8 Å². The number of rotatable bonds is 5. The Labute approximate surface area is 136 Å². The van der Waals surface area contributed by atoms with Crippen molar-refractivity contribution < 1.29 is 9.53 Å². The Morgan fingerprint density at radius 2 is 2.18 bits per heavy atom. The van der Waals surface area contributed by atoms with E-state index in [1.807, 2.05) is 23.6 Å². The van der Waals surface area contributed by atoms with Crippen molar-refractivity contribution in [2.75, 3.05) is 27.2 Å². The monoisotopic (exact) mass is 367 g/mol. The molecule has 2 heterocycles. The fraction of sp³-hybridized carbons (Fsp3) is 0.400. The fourth-order valence-electron chi connectivity index (χ4n) is 2.11. The zero-order valence-electron chi connectivity index (χ0n) is 12.8. The van der Waals surface area contributed by atoms with Gasteiger partial charge in [-0.05, 0) is 43.0 Å². The lowest BCUT2D eigenvalue weighted by molar-refractivity contribution is 0.0524. The third-order valence-electron chi connectivity index (χ3n) is 3.22. The van der Waals surface area contributed by atoms with E-state index in [4.69, 9.17) is 4.74 Å². The van der Waals surface area contributed by atoms with Gasteiger partial charge in [-0.2, -0.15) is 0 Å². The minimum Gasteiger partial charge on any atom is -0.462 e. The van der Waals surface area contributed by atoms with Gasteiger partial charge in [-0.15, -0.1) is 0 Å². The number of aromatic nitrogens is 2. The van der Waals surface area contributed by atoms with Crippen LogP contribution < -0.4 is 5.43 Å². The maximum absolute atomic E-state index is 12.5. The molecule has 22 heavy (non-hydrogen) atoms. The molecule has 0 N–H and O–H groups in total. The maximum Gasteiger partial charge on any atom is 0.343 e. The first-order chi connectivity index (χ1) is 10.4. The molecule has 2 aromatic heterocycles. The zero-order chi connectivity index (χ0) is 16.3. The van der Waals surface area contributed by atoms with Crippen LogP contribution in [0.15, 0.2) is 27.9 Å². The van der Waals surface area contributed by atoms with Crippen LogP contribution in [0.1, 0.15) is 17.3 Å². The highest BCUT2D eigenvalue weighted by Gasteiger charge is 2.17. The van der Waals surface area contributed by atoms with Crippen LogP contribution in [0.5, 0.6) is 0 Å². The predicted molar refractivity (Wildman–Crippen MR) is 88.2 cm³/mol. The molecule has 0 radical (unpaired) electrons. The Hall–Kier alpha value is -1.73. The van der Waals surface area contributed by atoms with E-state index < -0.39 is 5.97 Å². The molecule has 2 rings (SSSR count). The quantitative estimate of drug-likeness (QED) is 0.596. The summed E-state index contributed by atoms with van der Waals surface area (Å²) in [5, 5.41) is 0.450. The summed E-state index contributed by atoms with van der Waals surface area (Å²) in [4.78, 5) is 30.7. The molecule has 0 aliphatic heterocycles. The van der Waals surface area contributed by atoms with Crippen molar-refractivity contribution in [1.29, 1.82) is 0 Å². The molecule has 0 bridgehead atoms. The van der Waals surface area contributed by atoms with E-state index in [2.05, 4.69) is 20.9 Å². The van der Waals surface area contributed by atoms with Crippen LogP contribution in [0.4, 0.5) is 0 Å². The molecule has 0 aromatic carbocycles. The number of nitrogens with zero attached hydrogens (tertiary/aromatic N) is 3. The van der Waals surface area contributed by atoms with Gasteiger partial charge in [-0.1, -0.05) is 0 Å². The van der Waals surface area contributed by atoms with Gasteiger partial charge in [-0.25, -0.2) is 9.78 Å². The molecule has 0 amide bonds. The first-order valence-electron chi connectivity index (χ1n) is 6.94. The van der Waals surface area contributed by atoms with E-state index in [-0.39, 0.29) is 17.6 Å². The molecule has 6 nitrogen and oxygen atoms in total. The van der Waals surface area contributed by atoms with Crippen molar-refractivity contribution in [3.8, 4) is 0 Å². The van der Waals surface area contributed by atoms with Crippen LogP contribution >= 0.6 is 15.9 Å². The molecule has 0 saturated heterocycles. The maximum atomic E-state index is 12.5. The summed E-state index contributed by atoms with van der Waals surface area (Å²) in [5.74, 6) is -0.596. The number of halogens is 1. The number of ether oxygens (including phenoxy) is 1. The fourth-order valence-corrected chi connectivity index (χ4v) is 2.44. The molecule has 0 fully saturated rings. The molecular weight excluding hydrogens is 350 g/mol. The van der Waals surface area contributed by atoms with E-state index in [0.717, 1.165) is 6.54 Å². The summed E-state index contributed by atoms with van der Waals surface area (Å²) in [6.07, 6.45) is 3.19. The minimum atomic E-state index is -0.596. The van der Waals surface area contributed by atoms with Gasteiger partial charge in [-0.3, -0.25) is 4.79 Å². The lowest BCUT2D eigenvalue weighted by Gasteiger charge is -2.15. The topological polar surface area (TPSA) is 64.4 Å². The predicted octanol–water partition coefficient (Wildman–Crippen LogP) is 1.90. The summed E-state index contributed by atoms with van der Waals surface area (Å²) in [5.41, 5.74) is 0.409. The molecule has 0 aliphatic rings. The molecule has 0 unspecified atom stereocenters. The van der Waals surface area contributed by atoms with Gasteiger partial charge in [0.15, 0.2) is 0 Å². The van der Waals surface area contributed by atoms with Crippen LogP contribution in [-0.4, -0.2) is 47.7 Å². The Morgan fingerprint density at radius 3 is 2.82 bits per heavy atom. The number of likely N-dealkylation sites (N-methyl/N-ethyl adjacent to an activating group) is 1. The summed E-state index contributed by atoms with van der Waals surface area (Å²) >= 11 is 3.26. The minimum absolute atomic E-state index is 0.0474. The lowest BCUT2D eigenvalue weighted by Crippen LogP contribution is -2.24. The van der Waals surface area contributed by atoms with E-state index in [9.17, 15) is 9.59 Å². The summed E-state index contributed by atoms with van der Waals surface area (Å²) in [6, 6.07) is 1.63. The van der Waals surface area contributed by atoms with Crippen molar-refractivity contribution in [3.63, 3.8) is 0 Å². The number of carbonyl (C=O) groups is 1. The second kappa shape index (κ2) is 7.02. The van der Waals surface area contributed by atoms with Crippen molar-refractivity contribution in [2.45, 2.75) is 13.5 Å². The third-order valence-corrected chi connectivity index (χ3v) is 3.65. The first kappa shape index (κ1) is 16.6. The highest BCUT2D eigenvalue weighted by atomic mass is 79.9. The second-order valence-electron chi connectivity index (χ2n) is 5.11. The Bertz CT molecular complexity index is 756. The summed E-state index contributed by atoms with van der Waals surface area (Å²) in [7, 11) is 3.93. The van der Waals surface area contributed by atoms with Gasteiger partial charge in [0.05, 0.1) is 23.7 Å². The largest absolute Gasteiger partial charge is 0.462 e. The molecule has 0 spiro atoms. The van der Waals surface area contributed by atoms with E-state index >= 15 is 0 Å². The number of esters is 1. The number of hydrogen-bond donors (Lipinski definition) is 0. The molecule has 7 heteroatoms. The smallest absolute Gasteiger partial charge is 0.343 e. The standard InChI is InChI=1S/C15H18BrN3O3/c1-4-22-15(21)11-9-19(6-5-18(2)3)12-8-17-13(16)7-10(12)14(11)20/h7-9H,4-6H2,1-3H3. The van der Waals surface area contributed by atoms with Gasteiger partial charge >= 0.3 is 5.97 Å². The molecular formula is C15H18BrN3O3. The average Bonchev–Trinajstić information content (AvgIpc) is 2.47. The lowest BCUT2D eigenvalue weighted by atomic mass is 10.1. The number of carbonyl (C=O) groups excluding carboxylic acids is 1. The van der Waals surface area contributed by atoms with Crippen LogP contribution in [0, 0.1) is 0 Å². The molecule has 0 saturated carbocycles. The van der Waals surface area contributed by atoms with Gasteiger partial charge in [0, 0.05) is 19.3 Å². The highest BCUT2D eigenvalue weighted by Crippen LogP contribution is 2.16. The van der Waals surface area contributed by atoms with Crippen LogP contribution in [-0.2, 0) is 11.3 Å². The molecule has 0 aliphatic carbocycles. The third kappa shape index (κ3) is 3.53. The molecule has 2 aromatic rings.